The molecule has 1 fully saturated rings. The highest BCUT2D eigenvalue weighted by molar-refractivity contribution is 6.33. The molecule has 0 bridgehead atoms. The van der Waals surface area contributed by atoms with Crippen molar-refractivity contribution in [3.05, 3.63) is 41.0 Å². The van der Waals surface area contributed by atoms with E-state index in [4.69, 9.17) is 11.6 Å². The van der Waals surface area contributed by atoms with Crippen LogP contribution >= 0.6 is 24.0 Å². The normalized spacial score (nSPS) is 20.6. The van der Waals surface area contributed by atoms with Crippen molar-refractivity contribution < 1.29 is 4.79 Å². The predicted molar refractivity (Wildman–Crippen MR) is 94.2 cm³/mol. The van der Waals surface area contributed by atoms with Crippen molar-refractivity contribution >= 4 is 29.9 Å². The summed E-state index contributed by atoms with van der Waals surface area (Å²) in [5.41, 5.74) is 1.95. The number of benzene rings is 1. The molecule has 0 radical (unpaired) electrons. The quantitative estimate of drug-likeness (QED) is 0.793. The Bertz CT molecular complexity index is 674. The van der Waals surface area contributed by atoms with E-state index in [-0.39, 0.29) is 24.4 Å². The minimum Gasteiger partial charge on any atom is -0.348 e. The van der Waals surface area contributed by atoms with Gasteiger partial charge in [-0.25, -0.2) is 0 Å². The van der Waals surface area contributed by atoms with Crippen LogP contribution in [0.3, 0.4) is 0 Å². The van der Waals surface area contributed by atoms with E-state index in [2.05, 4.69) is 27.8 Å². The Labute approximate surface area is 146 Å². The number of nitrogens with one attached hydrogen (secondary N) is 3. The lowest BCUT2D eigenvalue weighted by molar-refractivity contribution is 0.0916. The van der Waals surface area contributed by atoms with Gasteiger partial charge < -0.3 is 10.6 Å². The molecule has 2 heterocycles. The Morgan fingerprint density at radius 3 is 2.91 bits per heavy atom. The van der Waals surface area contributed by atoms with E-state index in [1.54, 1.807) is 12.3 Å². The van der Waals surface area contributed by atoms with Crippen LogP contribution in [0.5, 0.6) is 0 Å². The monoisotopic (exact) mass is 354 g/mol. The molecule has 0 spiro atoms. The van der Waals surface area contributed by atoms with Crippen molar-refractivity contribution in [2.24, 2.45) is 5.92 Å². The molecular weight excluding hydrogens is 335 g/mol. The summed E-state index contributed by atoms with van der Waals surface area (Å²) in [4.78, 5) is 12.6. The number of hydrogen-bond donors (Lipinski definition) is 3. The highest BCUT2D eigenvalue weighted by Crippen LogP contribution is 2.28. The number of aromatic nitrogens is 2. The van der Waals surface area contributed by atoms with E-state index in [1.165, 1.54) is 0 Å². The Balaban J connectivity index is 0.00000192. The summed E-state index contributed by atoms with van der Waals surface area (Å²) in [5.74, 6) is 0.338. The molecular formula is C16H20Cl2N4O. The molecule has 2 atom stereocenters. The van der Waals surface area contributed by atoms with E-state index in [0.29, 0.717) is 22.2 Å². The molecule has 2 unspecified atom stereocenters. The summed E-state index contributed by atoms with van der Waals surface area (Å²) in [6.45, 7) is 3.96. The lowest BCUT2D eigenvalue weighted by Crippen LogP contribution is -2.50. The first kappa shape index (κ1) is 17.8. The SMILES string of the molecule is CC1CCNCC1NC(=O)c1cn[nH]c1-c1ccccc1Cl.Cl. The van der Waals surface area contributed by atoms with Crippen LogP contribution in [0.15, 0.2) is 30.5 Å². The van der Waals surface area contributed by atoms with Gasteiger partial charge in [0, 0.05) is 23.2 Å². The summed E-state index contributed by atoms with van der Waals surface area (Å²) < 4.78 is 0. The molecule has 2 aromatic rings. The van der Waals surface area contributed by atoms with Gasteiger partial charge in [0.1, 0.15) is 0 Å². The lowest BCUT2D eigenvalue weighted by Gasteiger charge is -2.30. The molecule has 1 amide bonds. The molecule has 3 rings (SSSR count). The van der Waals surface area contributed by atoms with Gasteiger partial charge >= 0.3 is 0 Å². The first-order chi connectivity index (χ1) is 10.7. The van der Waals surface area contributed by atoms with Gasteiger partial charge in [-0.3, -0.25) is 9.89 Å². The van der Waals surface area contributed by atoms with Crippen LogP contribution in [0.1, 0.15) is 23.7 Å². The first-order valence-corrected chi connectivity index (χ1v) is 7.84. The zero-order valence-corrected chi connectivity index (χ0v) is 14.4. The molecule has 0 saturated carbocycles. The number of carbonyl (C=O) groups excluding carboxylic acids is 1. The van der Waals surface area contributed by atoms with Crippen molar-refractivity contribution in [3.8, 4) is 11.3 Å². The van der Waals surface area contributed by atoms with E-state index in [1.807, 2.05) is 18.2 Å². The standard InChI is InChI=1S/C16H19ClN4O.ClH/c1-10-6-7-18-9-14(10)20-16(22)12-8-19-21-15(12)11-4-2-3-5-13(11)17;/h2-5,8,10,14,18H,6-7,9H2,1H3,(H,19,21)(H,20,22);1H. The number of amides is 1. The van der Waals surface area contributed by atoms with Crippen molar-refractivity contribution in [1.29, 1.82) is 0 Å². The summed E-state index contributed by atoms with van der Waals surface area (Å²) in [5, 5.41) is 13.9. The largest absolute Gasteiger partial charge is 0.348 e. The van der Waals surface area contributed by atoms with Gasteiger partial charge in [0.15, 0.2) is 0 Å². The van der Waals surface area contributed by atoms with Crippen LogP contribution < -0.4 is 10.6 Å². The smallest absolute Gasteiger partial charge is 0.255 e. The molecule has 23 heavy (non-hydrogen) atoms. The summed E-state index contributed by atoms with van der Waals surface area (Å²) in [6, 6.07) is 7.55. The maximum absolute atomic E-state index is 12.6. The van der Waals surface area contributed by atoms with Crippen LogP contribution in [-0.2, 0) is 0 Å². The Kier molecular flexibility index (Phi) is 6.04. The highest BCUT2D eigenvalue weighted by atomic mass is 35.5. The fraction of sp³-hybridized carbons (Fsp3) is 0.375. The van der Waals surface area contributed by atoms with Gasteiger partial charge in [-0.05, 0) is 24.9 Å². The second kappa shape index (κ2) is 7.81. The minimum absolute atomic E-state index is 0. The van der Waals surface area contributed by atoms with Gasteiger partial charge in [-0.15, -0.1) is 12.4 Å². The van der Waals surface area contributed by atoms with Gasteiger partial charge in [-0.1, -0.05) is 36.7 Å². The maximum Gasteiger partial charge on any atom is 0.255 e. The molecule has 1 aromatic carbocycles. The predicted octanol–water partition coefficient (Wildman–Crippen LogP) is 2.88. The second-order valence-electron chi connectivity index (χ2n) is 5.69. The van der Waals surface area contributed by atoms with E-state index in [0.717, 1.165) is 25.1 Å². The number of H-pyrrole nitrogens is 1. The number of nitrogens with zero attached hydrogens (tertiary/aromatic N) is 1. The zero-order valence-electron chi connectivity index (χ0n) is 12.8. The molecule has 0 aliphatic carbocycles. The van der Waals surface area contributed by atoms with Crippen molar-refractivity contribution in [2.45, 2.75) is 19.4 Å². The third-order valence-electron chi connectivity index (χ3n) is 4.17. The summed E-state index contributed by atoms with van der Waals surface area (Å²) in [7, 11) is 0. The topological polar surface area (TPSA) is 69.8 Å². The molecule has 1 aliphatic rings. The van der Waals surface area contributed by atoms with Crippen LogP contribution in [-0.4, -0.2) is 35.2 Å². The van der Waals surface area contributed by atoms with Crippen molar-refractivity contribution in [2.75, 3.05) is 13.1 Å². The Hall–Kier alpha value is -1.56. The molecule has 5 nitrogen and oxygen atoms in total. The van der Waals surface area contributed by atoms with Crippen LogP contribution in [0, 0.1) is 5.92 Å². The molecule has 7 heteroatoms. The summed E-state index contributed by atoms with van der Waals surface area (Å²) in [6.07, 6.45) is 2.61. The Morgan fingerprint density at radius 1 is 1.39 bits per heavy atom. The molecule has 1 aliphatic heterocycles. The van der Waals surface area contributed by atoms with E-state index >= 15 is 0 Å². The van der Waals surface area contributed by atoms with Crippen molar-refractivity contribution in [3.63, 3.8) is 0 Å². The fourth-order valence-corrected chi connectivity index (χ4v) is 2.99. The minimum atomic E-state index is -0.121. The number of aromatic amines is 1. The number of rotatable bonds is 3. The number of halogens is 2. The number of piperidine rings is 1. The maximum atomic E-state index is 12.6. The number of carbonyl (C=O) groups is 1. The zero-order chi connectivity index (χ0) is 15.5. The number of hydrogen-bond acceptors (Lipinski definition) is 3. The van der Waals surface area contributed by atoms with Crippen LogP contribution in [0.4, 0.5) is 0 Å². The van der Waals surface area contributed by atoms with E-state index in [9.17, 15) is 4.79 Å². The van der Waals surface area contributed by atoms with E-state index < -0.39 is 0 Å². The van der Waals surface area contributed by atoms with Crippen LogP contribution in [0.2, 0.25) is 5.02 Å². The average molecular weight is 355 g/mol. The van der Waals surface area contributed by atoms with Gasteiger partial charge in [0.25, 0.3) is 5.91 Å². The van der Waals surface area contributed by atoms with Crippen LogP contribution in [0.25, 0.3) is 11.3 Å². The molecule has 3 N–H and O–H groups in total. The Morgan fingerprint density at radius 2 is 2.17 bits per heavy atom. The first-order valence-electron chi connectivity index (χ1n) is 7.46. The fourth-order valence-electron chi connectivity index (χ4n) is 2.76. The molecule has 1 aromatic heterocycles. The third-order valence-corrected chi connectivity index (χ3v) is 4.50. The van der Waals surface area contributed by atoms with Crippen molar-refractivity contribution in [1.82, 2.24) is 20.8 Å². The summed E-state index contributed by atoms with van der Waals surface area (Å²) >= 11 is 6.22. The van der Waals surface area contributed by atoms with Gasteiger partial charge in [-0.2, -0.15) is 5.10 Å². The third kappa shape index (κ3) is 3.86. The second-order valence-corrected chi connectivity index (χ2v) is 6.10. The lowest BCUT2D eigenvalue weighted by atomic mass is 9.94. The van der Waals surface area contributed by atoms with Gasteiger partial charge in [0.05, 0.1) is 17.5 Å². The average Bonchev–Trinajstić information content (AvgIpc) is 2.99. The molecule has 1 saturated heterocycles. The molecule has 124 valence electrons. The highest BCUT2D eigenvalue weighted by Gasteiger charge is 2.25. The van der Waals surface area contributed by atoms with Gasteiger partial charge in [0.2, 0.25) is 0 Å².